The van der Waals surface area contributed by atoms with Gasteiger partial charge in [-0.1, -0.05) is 0 Å². The lowest BCUT2D eigenvalue weighted by atomic mass is 10.3. The molecule has 0 atom stereocenters. The van der Waals surface area contributed by atoms with Gasteiger partial charge in [0.2, 0.25) is 0 Å². The fourth-order valence-electron chi connectivity index (χ4n) is 1.66. The van der Waals surface area contributed by atoms with Crippen LogP contribution in [0.3, 0.4) is 0 Å². The van der Waals surface area contributed by atoms with Crippen LogP contribution in [0.4, 0.5) is 0 Å². The highest BCUT2D eigenvalue weighted by Gasteiger charge is 2.34. The number of carboxylic acid groups (broad SMARTS) is 1. The van der Waals surface area contributed by atoms with Gasteiger partial charge in [-0.05, 0) is 18.9 Å². The van der Waals surface area contributed by atoms with Gasteiger partial charge in [-0.15, -0.1) is 0 Å². The Hall–Kier alpha value is -2.18. The van der Waals surface area contributed by atoms with Crippen molar-refractivity contribution in [2.45, 2.75) is 18.9 Å². The lowest BCUT2D eigenvalue weighted by Gasteiger charge is -2.19. The molecule has 1 aromatic rings. The third kappa shape index (κ3) is 2.55. The Labute approximate surface area is 103 Å². The molecule has 1 saturated carbocycles. The lowest BCUT2D eigenvalue weighted by molar-refractivity contribution is -0.137. The van der Waals surface area contributed by atoms with Crippen molar-refractivity contribution in [3.63, 3.8) is 0 Å². The predicted octanol–water partition coefficient (Wildman–Crippen LogP) is -0.531. The van der Waals surface area contributed by atoms with E-state index in [4.69, 9.17) is 5.11 Å². The van der Waals surface area contributed by atoms with Crippen molar-refractivity contribution in [3.8, 4) is 0 Å². The van der Waals surface area contributed by atoms with E-state index in [0.717, 1.165) is 17.5 Å². The highest BCUT2D eigenvalue weighted by Crippen LogP contribution is 2.27. The van der Waals surface area contributed by atoms with E-state index >= 15 is 0 Å². The summed E-state index contributed by atoms with van der Waals surface area (Å²) in [5.74, 6) is -1.50. The molecule has 18 heavy (non-hydrogen) atoms. The average molecular weight is 251 g/mol. The Kier molecular flexibility index (Phi) is 3.14. The van der Waals surface area contributed by atoms with Crippen LogP contribution in [0.5, 0.6) is 0 Å². The van der Waals surface area contributed by atoms with Crippen molar-refractivity contribution in [2.75, 3.05) is 6.54 Å². The zero-order valence-electron chi connectivity index (χ0n) is 9.87. The maximum absolute atomic E-state index is 12.1. The van der Waals surface area contributed by atoms with Crippen LogP contribution in [-0.4, -0.2) is 44.3 Å². The molecule has 1 aliphatic carbocycles. The Balaban J connectivity index is 2.24. The first-order chi connectivity index (χ1) is 8.49. The summed E-state index contributed by atoms with van der Waals surface area (Å²) in [4.78, 5) is 35.3. The van der Waals surface area contributed by atoms with E-state index in [0.29, 0.717) is 0 Å². The van der Waals surface area contributed by atoms with Gasteiger partial charge < -0.3 is 10.0 Å². The zero-order valence-corrected chi connectivity index (χ0v) is 9.87. The quantitative estimate of drug-likeness (QED) is 0.776. The molecular weight excluding hydrogens is 238 g/mol. The van der Waals surface area contributed by atoms with Gasteiger partial charge in [0.15, 0.2) is 0 Å². The molecule has 0 radical (unpaired) electrons. The van der Waals surface area contributed by atoms with Crippen molar-refractivity contribution in [1.29, 1.82) is 0 Å². The summed E-state index contributed by atoms with van der Waals surface area (Å²) in [5, 5.41) is 12.6. The van der Waals surface area contributed by atoms with Gasteiger partial charge in [0.25, 0.3) is 11.5 Å². The van der Waals surface area contributed by atoms with E-state index in [2.05, 4.69) is 5.10 Å². The van der Waals surface area contributed by atoms with Gasteiger partial charge >= 0.3 is 5.97 Å². The molecule has 0 unspecified atom stereocenters. The fraction of sp³-hybridized carbons (Fsp3) is 0.455. The van der Waals surface area contributed by atoms with E-state index < -0.39 is 11.9 Å². The lowest BCUT2D eigenvalue weighted by Crippen LogP contribution is -2.38. The van der Waals surface area contributed by atoms with Crippen molar-refractivity contribution in [2.24, 2.45) is 7.05 Å². The molecule has 0 aromatic carbocycles. The maximum atomic E-state index is 12.1. The van der Waals surface area contributed by atoms with Crippen molar-refractivity contribution in [1.82, 2.24) is 14.7 Å². The number of rotatable bonds is 4. The first-order valence-electron chi connectivity index (χ1n) is 5.56. The van der Waals surface area contributed by atoms with E-state index in [1.165, 1.54) is 24.1 Å². The standard InChI is InChI=1S/C11H13N3O4/c1-13-9(15)5-4-8(12-13)11(18)14(6-10(16)17)7-2-3-7/h4-5,7H,2-3,6H2,1H3,(H,16,17). The highest BCUT2D eigenvalue weighted by atomic mass is 16.4. The third-order valence-corrected chi connectivity index (χ3v) is 2.73. The molecule has 96 valence electrons. The van der Waals surface area contributed by atoms with Crippen molar-refractivity contribution < 1.29 is 14.7 Å². The first kappa shape index (κ1) is 12.3. The van der Waals surface area contributed by atoms with Gasteiger partial charge in [0.05, 0.1) is 0 Å². The molecule has 0 bridgehead atoms. The SMILES string of the molecule is Cn1nc(C(=O)N(CC(=O)O)C2CC2)ccc1=O. The summed E-state index contributed by atoms with van der Waals surface area (Å²) >= 11 is 0. The largest absolute Gasteiger partial charge is 0.480 e. The average Bonchev–Trinajstić information content (AvgIpc) is 3.12. The molecule has 2 rings (SSSR count). The number of carboxylic acids is 1. The van der Waals surface area contributed by atoms with Crippen LogP contribution >= 0.6 is 0 Å². The molecule has 1 N–H and O–H groups in total. The second-order valence-electron chi connectivity index (χ2n) is 4.24. The molecule has 0 spiro atoms. The van der Waals surface area contributed by atoms with Crippen LogP contribution in [0.1, 0.15) is 23.3 Å². The molecule has 7 nitrogen and oxygen atoms in total. The fourth-order valence-corrected chi connectivity index (χ4v) is 1.66. The Morgan fingerprint density at radius 3 is 2.67 bits per heavy atom. The van der Waals surface area contributed by atoms with Crippen LogP contribution < -0.4 is 5.56 Å². The van der Waals surface area contributed by atoms with Crippen LogP contribution in [0.15, 0.2) is 16.9 Å². The zero-order chi connectivity index (χ0) is 13.3. The van der Waals surface area contributed by atoms with Gasteiger partial charge in [-0.2, -0.15) is 5.10 Å². The second kappa shape index (κ2) is 4.59. The minimum atomic E-state index is -1.06. The number of aliphatic carboxylic acids is 1. The maximum Gasteiger partial charge on any atom is 0.323 e. The Morgan fingerprint density at radius 1 is 1.50 bits per heavy atom. The molecule has 1 aromatic heterocycles. The summed E-state index contributed by atoms with van der Waals surface area (Å²) in [5.41, 5.74) is -0.229. The molecule has 1 heterocycles. The minimum Gasteiger partial charge on any atom is -0.480 e. The summed E-state index contributed by atoms with van der Waals surface area (Å²) < 4.78 is 1.05. The van der Waals surface area contributed by atoms with Crippen LogP contribution in [-0.2, 0) is 11.8 Å². The number of carbonyl (C=O) groups excluding carboxylic acids is 1. The van der Waals surface area contributed by atoms with Gasteiger partial charge in [0.1, 0.15) is 12.2 Å². The van der Waals surface area contributed by atoms with Crippen LogP contribution in [0.2, 0.25) is 0 Å². The van der Waals surface area contributed by atoms with Gasteiger partial charge in [-0.3, -0.25) is 14.4 Å². The van der Waals surface area contributed by atoms with E-state index in [-0.39, 0.29) is 23.8 Å². The molecule has 1 aliphatic rings. The molecule has 7 heteroatoms. The van der Waals surface area contributed by atoms with Gasteiger partial charge in [-0.25, -0.2) is 4.68 Å². The molecule has 1 fully saturated rings. The van der Waals surface area contributed by atoms with E-state index in [9.17, 15) is 14.4 Å². The van der Waals surface area contributed by atoms with Gasteiger partial charge in [0, 0.05) is 19.2 Å². The molecule has 1 amide bonds. The van der Waals surface area contributed by atoms with Crippen molar-refractivity contribution >= 4 is 11.9 Å². The first-order valence-corrected chi connectivity index (χ1v) is 5.56. The summed E-state index contributed by atoms with van der Waals surface area (Å²) in [6.45, 7) is -0.339. The van der Waals surface area contributed by atoms with E-state index in [1.807, 2.05) is 0 Å². The third-order valence-electron chi connectivity index (χ3n) is 2.73. The topological polar surface area (TPSA) is 92.5 Å². The van der Waals surface area contributed by atoms with Crippen LogP contribution in [0, 0.1) is 0 Å². The number of nitrogens with zero attached hydrogens (tertiary/aromatic N) is 3. The number of hydrogen-bond acceptors (Lipinski definition) is 4. The number of carbonyl (C=O) groups is 2. The molecular formula is C11H13N3O4. The van der Waals surface area contributed by atoms with E-state index in [1.54, 1.807) is 0 Å². The molecule has 0 aliphatic heterocycles. The smallest absolute Gasteiger partial charge is 0.323 e. The summed E-state index contributed by atoms with van der Waals surface area (Å²) in [7, 11) is 1.44. The number of aryl methyl sites for hydroxylation is 1. The summed E-state index contributed by atoms with van der Waals surface area (Å²) in [6.07, 6.45) is 1.62. The Morgan fingerprint density at radius 2 is 2.17 bits per heavy atom. The molecule has 0 saturated heterocycles. The highest BCUT2D eigenvalue weighted by molar-refractivity contribution is 5.94. The predicted molar refractivity (Wildman–Crippen MR) is 61.2 cm³/mol. The second-order valence-corrected chi connectivity index (χ2v) is 4.24. The monoisotopic (exact) mass is 251 g/mol. The number of amides is 1. The minimum absolute atomic E-state index is 0.0207. The summed E-state index contributed by atoms with van der Waals surface area (Å²) in [6, 6.07) is 2.54. The number of aromatic nitrogens is 2. The normalized spacial score (nSPS) is 14.3. The Bertz CT molecular complexity index is 547. The number of hydrogen-bond donors (Lipinski definition) is 1. The van der Waals surface area contributed by atoms with Crippen molar-refractivity contribution in [3.05, 3.63) is 28.2 Å². The van der Waals surface area contributed by atoms with Crippen LogP contribution in [0.25, 0.3) is 0 Å².